The maximum atomic E-state index is 10.1. The fraction of sp³-hybridized carbons (Fsp3) is 0.424. The Kier molecular flexibility index (Phi) is 9.77. The number of ether oxygens (including phenoxy) is 1. The van der Waals surface area contributed by atoms with E-state index in [2.05, 4.69) is 50.1 Å². The molecular weight excluding hydrogens is 592 g/mol. The molecule has 2 saturated heterocycles. The summed E-state index contributed by atoms with van der Waals surface area (Å²) < 4.78 is 8.49. The van der Waals surface area contributed by atoms with Gasteiger partial charge >= 0.3 is 0 Å². The highest BCUT2D eigenvalue weighted by Gasteiger charge is 2.22. The van der Waals surface area contributed by atoms with Crippen molar-refractivity contribution in [2.24, 2.45) is 7.05 Å². The quantitative estimate of drug-likeness (QED) is 0.189. The molecule has 0 saturated carbocycles. The number of nitriles is 1. The van der Waals surface area contributed by atoms with Gasteiger partial charge in [0.15, 0.2) is 5.16 Å². The van der Waals surface area contributed by atoms with Crippen LogP contribution in [0.3, 0.4) is 0 Å². The van der Waals surface area contributed by atoms with Crippen LogP contribution >= 0.6 is 23.4 Å². The van der Waals surface area contributed by atoms with Crippen LogP contribution < -0.4 is 15.0 Å². The highest BCUT2D eigenvalue weighted by molar-refractivity contribution is 7.99. The van der Waals surface area contributed by atoms with E-state index in [1.54, 1.807) is 12.4 Å². The topological polar surface area (TPSA) is 85.5 Å². The number of hydrogen-bond donors (Lipinski definition) is 1. The van der Waals surface area contributed by atoms with E-state index in [1.165, 1.54) is 37.7 Å². The van der Waals surface area contributed by atoms with Gasteiger partial charge in [-0.2, -0.15) is 5.26 Å². The molecule has 230 valence electrons. The fourth-order valence-electron chi connectivity index (χ4n) is 5.93. The summed E-state index contributed by atoms with van der Waals surface area (Å²) in [5, 5.41) is 15.9. The number of fused-ring (bicyclic) bond motifs is 1. The molecule has 2 aromatic heterocycles. The van der Waals surface area contributed by atoms with Crippen molar-refractivity contribution in [2.45, 2.75) is 36.2 Å². The van der Waals surface area contributed by atoms with E-state index in [0.717, 1.165) is 83.8 Å². The largest absolute Gasteiger partial charge is 0.491 e. The zero-order valence-corrected chi connectivity index (χ0v) is 27.0. The predicted molar refractivity (Wildman–Crippen MR) is 179 cm³/mol. The standard InChI is InChI=1S/C33H39ClN8OS/c1-3-40-14-16-42(17-15-40)29-21-28-26(20-30(29)43-18-6-12-41-10-4-5-11-41)32(24(22-35)23-37-28)38-25-7-8-31(27(34)19-25)44-33-36-9-13-39(33)2/h7-9,13,19-21,23H,3-6,10-12,14-18H2,1-2H3,(H,37,38). The van der Waals surface area contributed by atoms with Gasteiger partial charge in [-0.25, -0.2) is 4.98 Å². The van der Waals surface area contributed by atoms with Crippen molar-refractivity contribution >= 4 is 51.3 Å². The van der Waals surface area contributed by atoms with E-state index in [9.17, 15) is 5.26 Å². The van der Waals surface area contributed by atoms with Crippen molar-refractivity contribution in [2.75, 3.05) is 69.2 Å². The SMILES string of the molecule is CCN1CCN(c2cc3ncc(C#N)c(Nc4ccc(Sc5nccn5C)c(Cl)c4)c3cc2OCCCN2CCCC2)CC1. The third-order valence-electron chi connectivity index (χ3n) is 8.48. The predicted octanol–water partition coefficient (Wildman–Crippen LogP) is 6.39. The van der Waals surface area contributed by atoms with Gasteiger partial charge in [0.05, 0.1) is 34.1 Å². The monoisotopic (exact) mass is 630 g/mol. The Morgan fingerprint density at radius 3 is 2.57 bits per heavy atom. The van der Waals surface area contributed by atoms with Crippen LogP contribution in [0.4, 0.5) is 17.1 Å². The number of hydrogen-bond acceptors (Lipinski definition) is 9. The molecule has 0 aliphatic carbocycles. The highest BCUT2D eigenvalue weighted by Crippen LogP contribution is 2.40. The summed E-state index contributed by atoms with van der Waals surface area (Å²) in [6, 6.07) is 12.4. The van der Waals surface area contributed by atoms with Crippen LogP contribution in [0.2, 0.25) is 5.02 Å². The Labute approximate surface area is 268 Å². The molecule has 2 aromatic carbocycles. The minimum absolute atomic E-state index is 0.462. The van der Waals surface area contributed by atoms with E-state index in [0.29, 0.717) is 22.9 Å². The molecule has 6 rings (SSSR count). The van der Waals surface area contributed by atoms with Crippen LogP contribution in [0.5, 0.6) is 5.75 Å². The fourth-order valence-corrected chi connectivity index (χ4v) is 7.03. The van der Waals surface area contributed by atoms with Gasteiger partial charge in [-0.3, -0.25) is 4.98 Å². The normalized spacial score (nSPS) is 16.0. The Hall–Kier alpha value is -3.49. The van der Waals surface area contributed by atoms with Gasteiger partial charge in [-0.15, -0.1) is 0 Å². The van der Waals surface area contributed by atoms with E-state index < -0.39 is 0 Å². The molecule has 2 fully saturated rings. The molecule has 1 N–H and O–H groups in total. The summed E-state index contributed by atoms with van der Waals surface area (Å²) in [6.07, 6.45) is 8.88. The lowest BCUT2D eigenvalue weighted by molar-refractivity contribution is 0.258. The molecule has 0 atom stereocenters. The van der Waals surface area contributed by atoms with Crippen molar-refractivity contribution in [1.29, 1.82) is 5.26 Å². The Morgan fingerprint density at radius 2 is 1.86 bits per heavy atom. The molecule has 9 nitrogen and oxygen atoms in total. The summed E-state index contributed by atoms with van der Waals surface area (Å²) in [5.41, 5.74) is 3.83. The van der Waals surface area contributed by atoms with E-state index in [1.807, 2.05) is 36.0 Å². The van der Waals surface area contributed by atoms with Gasteiger partial charge in [0.1, 0.15) is 11.8 Å². The zero-order valence-electron chi connectivity index (χ0n) is 25.4. The maximum Gasteiger partial charge on any atom is 0.172 e. The number of nitrogens with zero attached hydrogens (tertiary/aromatic N) is 7. The third-order valence-corrected chi connectivity index (χ3v) is 10.1. The number of nitrogens with one attached hydrogen (secondary N) is 1. The van der Waals surface area contributed by atoms with Crippen LogP contribution in [0.1, 0.15) is 31.7 Å². The van der Waals surface area contributed by atoms with Gasteiger partial charge in [-0.05, 0) is 69.2 Å². The summed E-state index contributed by atoms with van der Waals surface area (Å²) in [6.45, 7) is 11.3. The van der Waals surface area contributed by atoms with E-state index in [-0.39, 0.29) is 0 Å². The molecule has 0 unspecified atom stereocenters. The third kappa shape index (κ3) is 6.92. The average Bonchev–Trinajstić information content (AvgIpc) is 3.72. The van der Waals surface area contributed by atoms with Crippen molar-refractivity contribution in [3.63, 3.8) is 0 Å². The Balaban J connectivity index is 1.30. The number of benzene rings is 2. The van der Waals surface area contributed by atoms with Gasteiger partial charge < -0.3 is 29.3 Å². The number of likely N-dealkylation sites (tertiary alicyclic amines) is 1. The minimum atomic E-state index is 0.462. The van der Waals surface area contributed by atoms with Crippen LogP contribution in [0.25, 0.3) is 10.9 Å². The van der Waals surface area contributed by atoms with Gasteiger partial charge in [-0.1, -0.05) is 30.3 Å². The molecule has 11 heteroatoms. The van der Waals surface area contributed by atoms with E-state index in [4.69, 9.17) is 21.3 Å². The summed E-state index contributed by atoms with van der Waals surface area (Å²) in [5.74, 6) is 0.837. The molecule has 2 aliphatic heterocycles. The molecule has 0 bridgehead atoms. The lowest BCUT2D eigenvalue weighted by Crippen LogP contribution is -2.46. The van der Waals surface area contributed by atoms with E-state index >= 15 is 0 Å². The number of piperazine rings is 1. The van der Waals surface area contributed by atoms with Crippen LogP contribution in [-0.4, -0.2) is 83.3 Å². The number of rotatable bonds is 11. The molecule has 4 aromatic rings. The second-order valence-corrected chi connectivity index (χ2v) is 12.8. The minimum Gasteiger partial charge on any atom is -0.491 e. The van der Waals surface area contributed by atoms with Crippen molar-refractivity contribution in [1.82, 2.24) is 24.3 Å². The molecule has 2 aliphatic rings. The maximum absolute atomic E-state index is 10.1. The molecule has 0 amide bonds. The van der Waals surface area contributed by atoms with Gasteiger partial charge in [0, 0.05) is 74.3 Å². The number of anilines is 3. The number of imidazole rings is 1. The Morgan fingerprint density at radius 1 is 1.05 bits per heavy atom. The average molecular weight is 631 g/mol. The smallest absolute Gasteiger partial charge is 0.172 e. The zero-order chi connectivity index (χ0) is 30.5. The van der Waals surface area contributed by atoms with Crippen LogP contribution in [0, 0.1) is 11.3 Å². The number of pyridine rings is 1. The van der Waals surface area contributed by atoms with Crippen molar-refractivity contribution in [3.8, 4) is 11.8 Å². The lowest BCUT2D eigenvalue weighted by atomic mass is 10.1. The second-order valence-electron chi connectivity index (χ2n) is 11.4. The molecule has 4 heterocycles. The summed E-state index contributed by atoms with van der Waals surface area (Å²) in [4.78, 5) is 17.4. The summed E-state index contributed by atoms with van der Waals surface area (Å²) in [7, 11) is 1.96. The first-order valence-corrected chi connectivity index (χ1v) is 16.6. The number of likely N-dealkylation sites (N-methyl/N-ethyl adjacent to an activating group) is 1. The number of aromatic nitrogens is 3. The Bertz CT molecular complexity index is 1640. The van der Waals surface area contributed by atoms with Gasteiger partial charge in [0.2, 0.25) is 0 Å². The molecule has 0 radical (unpaired) electrons. The highest BCUT2D eigenvalue weighted by atomic mass is 35.5. The lowest BCUT2D eigenvalue weighted by Gasteiger charge is -2.36. The van der Waals surface area contributed by atoms with Crippen LogP contribution in [0.15, 0.2) is 59.0 Å². The number of halogens is 1. The van der Waals surface area contributed by atoms with Crippen molar-refractivity contribution < 1.29 is 4.74 Å². The van der Waals surface area contributed by atoms with Crippen LogP contribution in [-0.2, 0) is 7.05 Å². The summed E-state index contributed by atoms with van der Waals surface area (Å²) >= 11 is 8.23. The second kappa shape index (κ2) is 14.1. The first-order chi connectivity index (χ1) is 21.5. The first-order valence-electron chi connectivity index (χ1n) is 15.4. The van der Waals surface area contributed by atoms with Gasteiger partial charge in [0.25, 0.3) is 0 Å². The molecule has 44 heavy (non-hydrogen) atoms. The molecular formula is C33H39ClN8OS. The van der Waals surface area contributed by atoms with Crippen molar-refractivity contribution in [3.05, 3.63) is 59.5 Å². The molecule has 0 spiro atoms. The number of aryl methyl sites for hydroxylation is 1. The first kappa shape index (κ1) is 30.5.